The van der Waals surface area contributed by atoms with Crippen molar-refractivity contribution >= 4 is 17.8 Å². The predicted octanol–water partition coefficient (Wildman–Crippen LogP) is 1.47. The van der Waals surface area contributed by atoms with Crippen molar-refractivity contribution < 1.29 is 4.79 Å². The normalized spacial score (nSPS) is 13.8. The lowest BCUT2D eigenvalue weighted by molar-refractivity contribution is -0.104. The lowest BCUT2D eigenvalue weighted by Crippen LogP contribution is -2.45. The molecule has 1 aromatic heterocycles. The van der Waals surface area contributed by atoms with Crippen LogP contribution in [0.5, 0.6) is 0 Å². The van der Waals surface area contributed by atoms with Crippen LogP contribution >= 0.6 is 0 Å². The number of hydrogen-bond donors (Lipinski definition) is 0. The minimum atomic E-state index is -0.369. The average molecular weight is 339 g/mol. The van der Waals surface area contributed by atoms with Gasteiger partial charge in [0.05, 0.1) is 11.3 Å². The van der Waals surface area contributed by atoms with Crippen LogP contribution in [-0.4, -0.2) is 22.0 Å². The van der Waals surface area contributed by atoms with E-state index < -0.39 is 0 Å². The number of nitrogens with zero attached hydrogens (tertiary/aromatic N) is 3. The van der Waals surface area contributed by atoms with Crippen LogP contribution in [0.4, 0.5) is 5.82 Å². The van der Waals surface area contributed by atoms with Gasteiger partial charge in [0.1, 0.15) is 12.1 Å². The van der Waals surface area contributed by atoms with Gasteiger partial charge in [0.15, 0.2) is 0 Å². The third-order valence-electron chi connectivity index (χ3n) is 4.56. The zero-order valence-corrected chi connectivity index (χ0v) is 14.7. The molecule has 0 radical (unpaired) electrons. The first-order valence-corrected chi connectivity index (χ1v) is 8.31. The van der Waals surface area contributed by atoms with Crippen LogP contribution in [-0.2, 0) is 25.3 Å². The Kier molecular flexibility index (Phi) is 4.44. The van der Waals surface area contributed by atoms with Gasteiger partial charge in [-0.2, -0.15) is 0 Å². The molecule has 0 spiro atoms. The number of hydrogen-bond acceptors (Lipinski definition) is 4. The summed E-state index contributed by atoms with van der Waals surface area (Å²) < 4.78 is 2.59. The molecule has 6 heteroatoms. The Hall–Kier alpha value is -2.89. The zero-order chi connectivity index (χ0) is 18.1. The van der Waals surface area contributed by atoms with Crippen molar-refractivity contribution in [3.8, 4) is 0 Å². The van der Waals surface area contributed by atoms with Crippen molar-refractivity contribution in [2.24, 2.45) is 14.1 Å². The quantitative estimate of drug-likeness (QED) is 0.791. The molecule has 130 valence electrons. The van der Waals surface area contributed by atoms with Gasteiger partial charge in [-0.3, -0.25) is 18.7 Å². The molecule has 0 fully saturated rings. The zero-order valence-electron chi connectivity index (χ0n) is 14.7. The van der Waals surface area contributed by atoms with E-state index in [2.05, 4.69) is 0 Å². The molecule has 0 bridgehead atoms. The summed E-state index contributed by atoms with van der Waals surface area (Å²) >= 11 is 0. The van der Waals surface area contributed by atoms with Crippen LogP contribution in [0.25, 0.3) is 5.70 Å². The molecule has 0 amide bonds. The smallest absolute Gasteiger partial charge is 0.326 e. The molecule has 1 aromatic carbocycles. The van der Waals surface area contributed by atoms with E-state index in [-0.39, 0.29) is 17.7 Å². The van der Waals surface area contributed by atoms with Crippen LogP contribution in [0.15, 0.2) is 45.5 Å². The lowest BCUT2D eigenvalue weighted by atomic mass is 9.95. The average Bonchev–Trinajstić information content (AvgIpc) is 2.64. The van der Waals surface area contributed by atoms with Crippen molar-refractivity contribution in [2.45, 2.75) is 19.8 Å². The van der Waals surface area contributed by atoms with Gasteiger partial charge in [0.2, 0.25) is 0 Å². The first kappa shape index (κ1) is 17.0. The van der Waals surface area contributed by atoms with E-state index in [9.17, 15) is 14.4 Å². The molecule has 3 rings (SSSR count). The van der Waals surface area contributed by atoms with E-state index in [1.54, 1.807) is 7.05 Å². The number of rotatable bonds is 4. The summed E-state index contributed by atoms with van der Waals surface area (Å²) in [6.45, 7) is 2.63. The third kappa shape index (κ3) is 2.63. The second-order valence-electron chi connectivity index (χ2n) is 6.19. The van der Waals surface area contributed by atoms with Gasteiger partial charge >= 0.3 is 5.69 Å². The van der Waals surface area contributed by atoms with E-state index in [1.807, 2.05) is 42.2 Å². The predicted molar refractivity (Wildman–Crippen MR) is 97.7 cm³/mol. The molecule has 2 heterocycles. The number of aromatic nitrogens is 2. The van der Waals surface area contributed by atoms with Crippen molar-refractivity contribution in [3.63, 3.8) is 0 Å². The van der Waals surface area contributed by atoms with Gasteiger partial charge in [0, 0.05) is 32.6 Å². The standard InChI is InChI=1S/C19H21N3O3/c1-4-10-22-16(13-8-6-5-7-9-13)14(12-23)11-15-17(22)20(2)19(25)21(3)18(15)24/h5-9,12H,4,10-11H2,1-3H3. The second-order valence-corrected chi connectivity index (χ2v) is 6.19. The largest absolute Gasteiger partial charge is 0.332 e. The van der Waals surface area contributed by atoms with Gasteiger partial charge < -0.3 is 4.90 Å². The minimum Gasteiger partial charge on any atom is -0.326 e. The number of anilines is 1. The number of aldehydes is 1. The van der Waals surface area contributed by atoms with Crippen molar-refractivity contribution in [1.82, 2.24) is 9.13 Å². The molecule has 0 saturated heterocycles. The molecular weight excluding hydrogens is 318 g/mol. The summed E-state index contributed by atoms with van der Waals surface area (Å²) in [5.41, 5.74) is 2.00. The molecule has 25 heavy (non-hydrogen) atoms. The Morgan fingerprint density at radius 2 is 1.76 bits per heavy atom. The van der Waals surface area contributed by atoms with Crippen molar-refractivity contribution in [1.29, 1.82) is 0 Å². The van der Waals surface area contributed by atoms with Crippen LogP contribution < -0.4 is 16.1 Å². The number of carbonyl (C=O) groups excluding carboxylic acids is 1. The van der Waals surface area contributed by atoms with Crippen LogP contribution in [0.1, 0.15) is 24.5 Å². The SMILES string of the molecule is CCCN1C(c2ccccc2)=C(C=O)Cc2c1n(C)c(=O)n(C)c2=O. The molecule has 0 N–H and O–H groups in total. The topological polar surface area (TPSA) is 64.3 Å². The minimum absolute atomic E-state index is 0.226. The second kappa shape index (κ2) is 6.55. The van der Waals surface area contributed by atoms with Crippen LogP contribution in [0.2, 0.25) is 0 Å². The number of fused-ring (bicyclic) bond motifs is 1. The van der Waals surface area contributed by atoms with E-state index in [1.165, 1.54) is 11.6 Å². The molecular formula is C19H21N3O3. The van der Waals surface area contributed by atoms with E-state index >= 15 is 0 Å². The highest BCUT2D eigenvalue weighted by atomic mass is 16.2. The molecule has 1 aliphatic rings. The molecule has 0 unspecified atom stereocenters. The summed E-state index contributed by atoms with van der Waals surface area (Å²) in [6, 6.07) is 9.61. The molecule has 0 atom stereocenters. The summed E-state index contributed by atoms with van der Waals surface area (Å²) in [7, 11) is 3.13. The maximum atomic E-state index is 12.6. The highest BCUT2D eigenvalue weighted by molar-refractivity contribution is 5.96. The number of benzene rings is 1. The fraction of sp³-hybridized carbons (Fsp3) is 0.316. The van der Waals surface area contributed by atoms with Gasteiger partial charge in [-0.05, 0) is 12.0 Å². The van der Waals surface area contributed by atoms with Gasteiger partial charge in [-0.1, -0.05) is 37.3 Å². The maximum Gasteiger partial charge on any atom is 0.332 e. The molecule has 0 saturated carbocycles. The Bertz CT molecular complexity index is 968. The molecule has 0 aliphatic carbocycles. The van der Waals surface area contributed by atoms with E-state index in [0.717, 1.165) is 28.5 Å². The van der Waals surface area contributed by atoms with Crippen molar-refractivity contribution in [2.75, 3.05) is 11.4 Å². The summed E-state index contributed by atoms with van der Waals surface area (Å²) in [5.74, 6) is 0.583. The van der Waals surface area contributed by atoms with Crippen LogP contribution in [0.3, 0.4) is 0 Å². The number of carbonyl (C=O) groups is 1. The van der Waals surface area contributed by atoms with Gasteiger partial charge in [0.25, 0.3) is 5.56 Å². The lowest BCUT2D eigenvalue weighted by Gasteiger charge is -2.35. The Morgan fingerprint density at radius 1 is 1.08 bits per heavy atom. The molecule has 2 aromatic rings. The Balaban J connectivity index is 2.36. The Labute approximate surface area is 145 Å². The first-order chi connectivity index (χ1) is 12.0. The molecule has 1 aliphatic heterocycles. The third-order valence-corrected chi connectivity index (χ3v) is 4.56. The highest BCUT2D eigenvalue weighted by Gasteiger charge is 2.30. The summed E-state index contributed by atoms with van der Waals surface area (Å²) in [4.78, 5) is 38.8. The van der Waals surface area contributed by atoms with E-state index in [4.69, 9.17) is 0 Å². The van der Waals surface area contributed by atoms with Crippen LogP contribution in [0, 0.1) is 0 Å². The summed E-state index contributed by atoms with van der Waals surface area (Å²) in [6.07, 6.45) is 1.86. The Morgan fingerprint density at radius 3 is 2.36 bits per heavy atom. The fourth-order valence-electron chi connectivity index (χ4n) is 3.43. The highest BCUT2D eigenvalue weighted by Crippen LogP contribution is 2.35. The van der Waals surface area contributed by atoms with Gasteiger partial charge in [-0.25, -0.2) is 4.79 Å². The molecule has 6 nitrogen and oxygen atoms in total. The fourth-order valence-corrected chi connectivity index (χ4v) is 3.43. The van der Waals surface area contributed by atoms with Crippen molar-refractivity contribution in [3.05, 3.63) is 67.9 Å². The first-order valence-electron chi connectivity index (χ1n) is 8.31. The van der Waals surface area contributed by atoms with Gasteiger partial charge in [-0.15, -0.1) is 0 Å². The monoisotopic (exact) mass is 339 g/mol. The maximum absolute atomic E-state index is 12.6. The number of allylic oxidation sites excluding steroid dienone is 1. The summed E-state index contributed by atoms with van der Waals surface area (Å²) in [5, 5.41) is 0. The van der Waals surface area contributed by atoms with E-state index in [0.29, 0.717) is 23.5 Å².